The molecule has 0 radical (unpaired) electrons. The highest BCUT2D eigenvalue weighted by Crippen LogP contribution is 2.24. The van der Waals surface area contributed by atoms with Crippen molar-refractivity contribution in [2.75, 3.05) is 18.5 Å². The zero-order valence-electron chi connectivity index (χ0n) is 12.2. The Bertz CT molecular complexity index is 746. The number of esters is 1. The van der Waals surface area contributed by atoms with Gasteiger partial charge in [-0.25, -0.2) is 0 Å². The number of hydrogen-bond acceptors (Lipinski definition) is 5. The predicted octanol–water partition coefficient (Wildman–Crippen LogP) is 2.50. The van der Waals surface area contributed by atoms with Crippen LogP contribution in [-0.4, -0.2) is 30.9 Å². The average molecular weight is 371 g/mol. The normalized spacial score (nSPS) is 10.1. The van der Waals surface area contributed by atoms with Gasteiger partial charge in [-0.15, -0.1) is 0 Å². The first-order valence-corrected chi connectivity index (χ1v) is 7.43. The van der Waals surface area contributed by atoms with E-state index in [-0.39, 0.29) is 17.3 Å². The maximum atomic E-state index is 11.7. The molecule has 2 amide bonds. The van der Waals surface area contributed by atoms with Gasteiger partial charge in [-0.3, -0.25) is 14.4 Å². The summed E-state index contributed by atoms with van der Waals surface area (Å²) in [5, 5.41) is 5.43. The van der Waals surface area contributed by atoms with Crippen LogP contribution in [-0.2, 0) is 14.3 Å². The lowest BCUT2D eigenvalue weighted by Gasteiger charge is -2.08. The second-order valence-corrected chi connectivity index (χ2v) is 5.31. The maximum absolute atomic E-state index is 11.7. The van der Waals surface area contributed by atoms with Crippen LogP contribution in [0.15, 0.2) is 41.0 Å². The molecular weight excluding hydrogens is 359 g/mol. The molecular formula is C15H12Cl2N2O5. The molecule has 0 spiro atoms. The lowest BCUT2D eigenvalue weighted by molar-refractivity contribution is -0.146. The summed E-state index contributed by atoms with van der Waals surface area (Å²) in [6.45, 7) is -0.894. The van der Waals surface area contributed by atoms with Crippen LogP contribution in [0, 0.1) is 0 Å². The van der Waals surface area contributed by atoms with Gasteiger partial charge in [0, 0.05) is 5.69 Å². The van der Waals surface area contributed by atoms with E-state index in [0.717, 1.165) is 0 Å². The number of hydrogen-bond donors (Lipinski definition) is 2. The fourth-order valence-electron chi connectivity index (χ4n) is 1.62. The number of furan rings is 1. The second kappa shape index (κ2) is 8.37. The summed E-state index contributed by atoms with van der Waals surface area (Å²) in [5.41, 5.74) is 0.413. The Morgan fingerprint density at radius 3 is 2.58 bits per heavy atom. The number of halogens is 2. The smallest absolute Gasteiger partial charge is 0.325 e. The highest BCUT2D eigenvalue weighted by Gasteiger charge is 2.12. The fraction of sp³-hybridized carbons (Fsp3) is 0.133. The lowest BCUT2D eigenvalue weighted by atomic mass is 10.3. The molecule has 0 atom stereocenters. The molecule has 2 N–H and O–H groups in total. The van der Waals surface area contributed by atoms with Crippen LogP contribution in [0.1, 0.15) is 10.6 Å². The predicted molar refractivity (Wildman–Crippen MR) is 87.1 cm³/mol. The van der Waals surface area contributed by atoms with E-state index in [1.54, 1.807) is 12.1 Å². The van der Waals surface area contributed by atoms with E-state index >= 15 is 0 Å². The second-order valence-electron chi connectivity index (χ2n) is 4.50. The van der Waals surface area contributed by atoms with Crippen molar-refractivity contribution in [3.05, 3.63) is 52.4 Å². The van der Waals surface area contributed by atoms with Gasteiger partial charge in [-0.05, 0) is 30.3 Å². The molecule has 1 aromatic heterocycles. The first-order valence-electron chi connectivity index (χ1n) is 6.68. The quantitative estimate of drug-likeness (QED) is 0.761. The highest BCUT2D eigenvalue weighted by atomic mass is 35.5. The van der Waals surface area contributed by atoms with Crippen molar-refractivity contribution >= 4 is 46.7 Å². The lowest BCUT2D eigenvalue weighted by Crippen LogP contribution is -2.32. The summed E-state index contributed by atoms with van der Waals surface area (Å²) in [4.78, 5) is 34.7. The van der Waals surface area contributed by atoms with Crippen molar-refractivity contribution in [1.29, 1.82) is 0 Å². The Labute approximate surface area is 146 Å². The van der Waals surface area contributed by atoms with Crippen LogP contribution in [0.4, 0.5) is 5.69 Å². The van der Waals surface area contributed by atoms with Crippen molar-refractivity contribution in [2.24, 2.45) is 0 Å². The van der Waals surface area contributed by atoms with Crippen LogP contribution in [0.25, 0.3) is 0 Å². The summed E-state index contributed by atoms with van der Waals surface area (Å²) in [6.07, 6.45) is 1.33. The van der Waals surface area contributed by atoms with Gasteiger partial charge < -0.3 is 19.8 Å². The number of benzene rings is 1. The standard InChI is InChI=1S/C15H12Cl2N2O5/c16-10-4-3-9(6-11(10)17)19-13(20)8-24-14(21)7-18-15(22)12-2-1-5-23-12/h1-6H,7-8H2,(H,18,22)(H,19,20). The SMILES string of the molecule is O=C(COC(=O)CNC(=O)c1ccco1)Nc1ccc(Cl)c(Cl)c1. The Morgan fingerprint density at radius 2 is 1.92 bits per heavy atom. The number of carbonyl (C=O) groups excluding carboxylic acids is 3. The van der Waals surface area contributed by atoms with E-state index in [9.17, 15) is 14.4 Å². The summed E-state index contributed by atoms with van der Waals surface area (Å²) >= 11 is 11.6. The Morgan fingerprint density at radius 1 is 1.12 bits per heavy atom. The van der Waals surface area contributed by atoms with Crippen LogP contribution in [0.2, 0.25) is 10.0 Å². The number of anilines is 1. The molecule has 7 nitrogen and oxygen atoms in total. The molecule has 0 aliphatic rings. The highest BCUT2D eigenvalue weighted by molar-refractivity contribution is 6.42. The molecule has 24 heavy (non-hydrogen) atoms. The minimum absolute atomic E-state index is 0.0696. The van der Waals surface area contributed by atoms with Crippen molar-refractivity contribution in [2.45, 2.75) is 0 Å². The molecule has 126 valence electrons. The van der Waals surface area contributed by atoms with Crippen LogP contribution in [0.3, 0.4) is 0 Å². The topological polar surface area (TPSA) is 97.6 Å². The molecule has 0 saturated carbocycles. The molecule has 0 unspecified atom stereocenters. The number of nitrogens with one attached hydrogen (secondary N) is 2. The zero-order valence-corrected chi connectivity index (χ0v) is 13.7. The number of ether oxygens (including phenoxy) is 1. The minimum Gasteiger partial charge on any atom is -0.459 e. The van der Waals surface area contributed by atoms with Gasteiger partial charge in [0.25, 0.3) is 11.8 Å². The molecule has 0 aliphatic heterocycles. The third-order valence-electron chi connectivity index (χ3n) is 2.71. The summed E-state index contributed by atoms with van der Waals surface area (Å²) in [7, 11) is 0. The third-order valence-corrected chi connectivity index (χ3v) is 3.44. The Hall–Kier alpha value is -2.51. The van der Waals surface area contributed by atoms with Gasteiger partial charge in [-0.1, -0.05) is 23.2 Å². The summed E-state index contributed by atoms with van der Waals surface area (Å²) in [5.74, 6) is -1.81. The van der Waals surface area contributed by atoms with Gasteiger partial charge in [0.15, 0.2) is 12.4 Å². The van der Waals surface area contributed by atoms with E-state index in [1.807, 2.05) is 0 Å². The van der Waals surface area contributed by atoms with E-state index < -0.39 is 24.4 Å². The van der Waals surface area contributed by atoms with E-state index in [0.29, 0.717) is 10.7 Å². The van der Waals surface area contributed by atoms with Crippen molar-refractivity contribution in [1.82, 2.24) is 5.32 Å². The molecule has 9 heteroatoms. The minimum atomic E-state index is -0.765. The molecule has 0 bridgehead atoms. The van der Waals surface area contributed by atoms with Gasteiger partial charge in [0.1, 0.15) is 6.54 Å². The first kappa shape index (κ1) is 17.8. The molecule has 1 aromatic carbocycles. The van der Waals surface area contributed by atoms with Gasteiger partial charge >= 0.3 is 5.97 Å². The first-order chi connectivity index (χ1) is 11.5. The monoisotopic (exact) mass is 370 g/mol. The number of carbonyl (C=O) groups is 3. The molecule has 2 aromatic rings. The Balaban J connectivity index is 1.72. The largest absolute Gasteiger partial charge is 0.459 e. The molecule has 0 aliphatic carbocycles. The molecule has 2 rings (SSSR count). The molecule has 0 saturated heterocycles. The van der Waals surface area contributed by atoms with Crippen LogP contribution < -0.4 is 10.6 Å². The summed E-state index contributed by atoms with van der Waals surface area (Å²) in [6, 6.07) is 7.53. The van der Waals surface area contributed by atoms with Crippen LogP contribution in [0.5, 0.6) is 0 Å². The van der Waals surface area contributed by atoms with Crippen LogP contribution >= 0.6 is 23.2 Å². The third kappa shape index (κ3) is 5.29. The van der Waals surface area contributed by atoms with Gasteiger partial charge in [0.05, 0.1) is 16.3 Å². The van der Waals surface area contributed by atoms with E-state index in [1.165, 1.54) is 24.5 Å². The number of amides is 2. The van der Waals surface area contributed by atoms with E-state index in [2.05, 4.69) is 10.6 Å². The number of rotatable bonds is 6. The van der Waals surface area contributed by atoms with Gasteiger partial charge in [0.2, 0.25) is 0 Å². The molecule has 1 heterocycles. The van der Waals surface area contributed by atoms with Gasteiger partial charge in [-0.2, -0.15) is 0 Å². The van der Waals surface area contributed by atoms with Crippen molar-refractivity contribution < 1.29 is 23.5 Å². The van der Waals surface area contributed by atoms with Crippen molar-refractivity contribution in [3.8, 4) is 0 Å². The Kier molecular flexibility index (Phi) is 6.22. The summed E-state index contributed by atoms with van der Waals surface area (Å²) < 4.78 is 9.60. The maximum Gasteiger partial charge on any atom is 0.325 e. The van der Waals surface area contributed by atoms with Crippen molar-refractivity contribution in [3.63, 3.8) is 0 Å². The fourth-order valence-corrected chi connectivity index (χ4v) is 1.91. The molecule has 0 fully saturated rings. The van der Waals surface area contributed by atoms with E-state index in [4.69, 9.17) is 32.4 Å². The zero-order chi connectivity index (χ0) is 17.5. The average Bonchev–Trinajstić information content (AvgIpc) is 3.08.